The molecule has 1 aromatic rings. The van der Waals surface area contributed by atoms with Crippen LogP contribution in [0.25, 0.3) is 0 Å². The van der Waals surface area contributed by atoms with Crippen molar-refractivity contribution in [3.8, 4) is 6.07 Å². The lowest BCUT2D eigenvalue weighted by Crippen LogP contribution is -2.50. The van der Waals surface area contributed by atoms with Gasteiger partial charge in [0.1, 0.15) is 5.84 Å². The average molecular weight is 685 g/mol. The summed E-state index contributed by atoms with van der Waals surface area (Å²) >= 11 is 3.53. The van der Waals surface area contributed by atoms with E-state index in [2.05, 4.69) is 91.3 Å². The molecule has 0 saturated carbocycles. The summed E-state index contributed by atoms with van der Waals surface area (Å²) in [5.41, 5.74) is 13.2. The Balaban J connectivity index is 0.00000172. The number of piperazine rings is 1. The fraction of sp³-hybridized carbons (Fsp3) is 0.622. The number of hydrogen-bond donors (Lipinski definition) is 2. The predicted molar refractivity (Wildman–Crippen MR) is 210 cm³/mol. The van der Waals surface area contributed by atoms with Crippen LogP contribution in [0.2, 0.25) is 0 Å². The summed E-state index contributed by atoms with van der Waals surface area (Å²) in [6.07, 6.45) is 9.05. The minimum absolute atomic E-state index is 0.0229. The molecule has 0 bridgehead atoms. The van der Waals surface area contributed by atoms with E-state index in [4.69, 9.17) is 15.7 Å². The molecule has 2 aliphatic heterocycles. The Morgan fingerprint density at radius 3 is 2.17 bits per heavy atom. The Kier molecular flexibility index (Phi) is 23.7. The third-order valence-corrected chi connectivity index (χ3v) is 8.17. The Morgan fingerprint density at radius 2 is 1.71 bits per heavy atom. The van der Waals surface area contributed by atoms with Crippen LogP contribution in [0, 0.1) is 31.1 Å². The number of amidine groups is 1. The Morgan fingerprint density at radius 1 is 1.15 bits per heavy atom. The molecule has 48 heavy (non-hydrogen) atoms. The number of rotatable bonds is 12. The number of carbonyl (C=O) groups excluding carboxylic acids is 1. The number of nitriles is 1. The molecular weight excluding hydrogens is 621 g/mol. The van der Waals surface area contributed by atoms with Crippen molar-refractivity contribution in [1.29, 1.82) is 5.26 Å². The van der Waals surface area contributed by atoms with Gasteiger partial charge in [-0.05, 0) is 106 Å². The van der Waals surface area contributed by atoms with Gasteiger partial charge in [0.05, 0.1) is 19.7 Å². The molecule has 11 heteroatoms. The summed E-state index contributed by atoms with van der Waals surface area (Å²) in [7, 11) is 5.59. The first-order valence-electron chi connectivity index (χ1n) is 16.8. The lowest BCUT2D eigenvalue weighted by molar-refractivity contribution is -0.127. The third-order valence-electron chi connectivity index (χ3n) is 8.17. The third kappa shape index (κ3) is 15.6. The first kappa shape index (κ1) is 44.5. The molecule has 270 valence electrons. The van der Waals surface area contributed by atoms with Gasteiger partial charge in [0, 0.05) is 64.6 Å². The van der Waals surface area contributed by atoms with Gasteiger partial charge in [0.25, 0.3) is 0 Å². The van der Waals surface area contributed by atoms with Gasteiger partial charge < -0.3 is 30.1 Å². The highest BCUT2D eigenvalue weighted by Gasteiger charge is 2.24. The molecule has 10 nitrogen and oxygen atoms in total. The Hall–Kier alpha value is -3.49. The van der Waals surface area contributed by atoms with Gasteiger partial charge in [0.15, 0.2) is 6.40 Å². The minimum atomic E-state index is -0.0229. The number of aryl methyl sites for hydroxylation is 1. The monoisotopic (exact) mass is 684 g/mol. The molecule has 0 spiro atoms. The quantitative estimate of drug-likeness (QED) is 0.0961. The summed E-state index contributed by atoms with van der Waals surface area (Å²) in [4.78, 5) is 29.7. The summed E-state index contributed by atoms with van der Waals surface area (Å²) in [6, 6.07) is 3.84. The standard InChI is InChI=1S/C29H46N6O2.C5H11N.C2H3N.CH4S/c1-9-27(36)33-14-16-35(17-15-33)29(31-7)22(4)10-12-34(13-11-32-20-37-8)28-24(6)23(5)19-26(30)25(28)18-21(2)3;1-6-4-2-3-5-6;1-2-3;1-2/h9,19-21H,1,4,10-18,30H2,2-3,5-8H3;2-5H2,1H3;1H3;2H,1H3. The van der Waals surface area contributed by atoms with E-state index < -0.39 is 0 Å². The molecule has 0 unspecified atom stereocenters. The topological polar surface area (TPSA) is 114 Å². The van der Waals surface area contributed by atoms with Crippen LogP contribution in [0.4, 0.5) is 11.4 Å². The molecular formula is C37H64N8O2S. The van der Waals surface area contributed by atoms with Crippen molar-refractivity contribution in [2.24, 2.45) is 15.9 Å². The van der Waals surface area contributed by atoms with E-state index in [1.807, 2.05) is 11.9 Å². The van der Waals surface area contributed by atoms with Crippen LogP contribution in [0.5, 0.6) is 0 Å². The second-order valence-corrected chi connectivity index (χ2v) is 12.2. The van der Waals surface area contributed by atoms with E-state index in [1.165, 1.54) is 67.7 Å². The van der Waals surface area contributed by atoms with Gasteiger partial charge in [-0.1, -0.05) is 27.0 Å². The number of nitrogen functional groups attached to an aromatic ring is 1. The Labute approximate surface area is 297 Å². The minimum Gasteiger partial charge on any atom is -0.487 e. The van der Waals surface area contributed by atoms with Crippen LogP contribution in [0.1, 0.15) is 56.7 Å². The van der Waals surface area contributed by atoms with Gasteiger partial charge in [-0.2, -0.15) is 17.9 Å². The highest BCUT2D eigenvalue weighted by Crippen LogP contribution is 2.35. The number of ether oxygens (including phenoxy) is 1. The molecule has 1 aromatic carbocycles. The molecule has 2 aliphatic rings. The number of aliphatic imine (C=N–C) groups is 2. The highest BCUT2D eigenvalue weighted by atomic mass is 32.1. The molecule has 2 saturated heterocycles. The lowest BCUT2D eigenvalue weighted by Gasteiger charge is -2.37. The number of thiol groups is 1. The van der Waals surface area contributed by atoms with Crippen molar-refractivity contribution in [2.75, 3.05) is 97.0 Å². The summed E-state index contributed by atoms with van der Waals surface area (Å²) in [6.45, 7) is 25.7. The van der Waals surface area contributed by atoms with Gasteiger partial charge in [-0.25, -0.2) is 0 Å². The van der Waals surface area contributed by atoms with Crippen LogP contribution < -0.4 is 10.6 Å². The van der Waals surface area contributed by atoms with E-state index in [1.54, 1.807) is 19.4 Å². The van der Waals surface area contributed by atoms with Crippen molar-refractivity contribution < 1.29 is 9.53 Å². The number of nitrogens with two attached hydrogens (primary N) is 1. The first-order valence-corrected chi connectivity index (χ1v) is 17.7. The molecule has 0 aliphatic carbocycles. The number of amides is 1. The smallest absolute Gasteiger partial charge is 0.246 e. The van der Waals surface area contributed by atoms with Gasteiger partial charge in [0.2, 0.25) is 5.91 Å². The lowest BCUT2D eigenvalue weighted by atomic mass is 9.93. The fourth-order valence-corrected chi connectivity index (χ4v) is 5.72. The number of anilines is 2. The zero-order valence-corrected chi connectivity index (χ0v) is 32.3. The van der Waals surface area contributed by atoms with Crippen LogP contribution in [-0.4, -0.2) is 119 Å². The van der Waals surface area contributed by atoms with Crippen LogP contribution in [0.15, 0.2) is 40.9 Å². The second kappa shape index (κ2) is 25.5. The van der Waals surface area contributed by atoms with Crippen molar-refractivity contribution in [3.63, 3.8) is 0 Å². The fourth-order valence-electron chi connectivity index (χ4n) is 5.72. The zero-order valence-electron chi connectivity index (χ0n) is 31.4. The van der Waals surface area contributed by atoms with Gasteiger partial charge in [-0.3, -0.25) is 14.8 Å². The molecule has 3 rings (SSSR count). The Bertz CT molecular complexity index is 1210. The van der Waals surface area contributed by atoms with E-state index >= 15 is 0 Å². The van der Waals surface area contributed by atoms with Crippen LogP contribution in [-0.2, 0) is 16.0 Å². The van der Waals surface area contributed by atoms with Gasteiger partial charge in [-0.15, -0.1) is 0 Å². The largest absolute Gasteiger partial charge is 0.487 e. The van der Waals surface area contributed by atoms with Crippen LogP contribution in [0.3, 0.4) is 0 Å². The molecule has 2 heterocycles. The van der Waals surface area contributed by atoms with Crippen molar-refractivity contribution >= 4 is 42.1 Å². The SMILES string of the molecule is C=CC(=O)N1CCN(C(=NC)C(=C)CCN(CCN=COC)c2c(C)c(C)cc(N)c2CC(C)C)CC1.CC#N.CN1CCCC1.CS. The molecule has 0 aromatic heterocycles. The first-order chi connectivity index (χ1) is 22.9. The average Bonchev–Trinajstić information content (AvgIpc) is 3.56. The summed E-state index contributed by atoms with van der Waals surface area (Å²) in [5, 5.41) is 7.32. The number of carbonyl (C=O) groups is 1. The molecule has 0 atom stereocenters. The highest BCUT2D eigenvalue weighted by molar-refractivity contribution is 7.79. The maximum absolute atomic E-state index is 12.0. The van der Waals surface area contributed by atoms with Gasteiger partial charge >= 0.3 is 0 Å². The normalized spacial score (nSPS) is 14.6. The van der Waals surface area contributed by atoms with Crippen molar-refractivity contribution in [2.45, 2.75) is 60.3 Å². The number of hydrogen-bond acceptors (Lipinski definition) is 9. The van der Waals surface area contributed by atoms with E-state index in [0.717, 1.165) is 56.1 Å². The molecule has 0 radical (unpaired) electrons. The number of nitrogens with zero attached hydrogens (tertiary/aromatic N) is 7. The molecule has 2 fully saturated rings. The van der Waals surface area contributed by atoms with Crippen molar-refractivity contribution in [3.05, 3.63) is 47.6 Å². The number of likely N-dealkylation sites (tertiary alicyclic amines) is 1. The van der Waals surface area contributed by atoms with E-state index in [-0.39, 0.29) is 5.91 Å². The molecule has 2 N–H and O–H groups in total. The maximum atomic E-state index is 12.0. The zero-order chi connectivity index (χ0) is 36.6. The summed E-state index contributed by atoms with van der Waals surface area (Å²) in [5.74, 6) is 1.37. The maximum Gasteiger partial charge on any atom is 0.246 e. The summed E-state index contributed by atoms with van der Waals surface area (Å²) < 4.78 is 5.01. The number of benzene rings is 1. The van der Waals surface area contributed by atoms with E-state index in [0.29, 0.717) is 25.6 Å². The molecule has 1 amide bonds. The predicted octanol–water partition coefficient (Wildman–Crippen LogP) is 5.66. The van der Waals surface area contributed by atoms with Crippen molar-refractivity contribution in [1.82, 2.24) is 14.7 Å². The number of methoxy groups -OCH3 is 1. The van der Waals surface area contributed by atoms with E-state index in [9.17, 15) is 4.79 Å². The van der Waals surface area contributed by atoms with Crippen LogP contribution >= 0.6 is 12.6 Å². The second-order valence-electron chi connectivity index (χ2n) is 12.2.